The van der Waals surface area contributed by atoms with Gasteiger partial charge < -0.3 is 0 Å². The van der Waals surface area contributed by atoms with Gasteiger partial charge in [-0.3, -0.25) is 4.79 Å². The summed E-state index contributed by atoms with van der Waals surface area (Å²) >= 11 is 2.34. The highest BCUT2D eigenvalue weighted by Crippen LogP contribution is 2.41. The lowest BCUT2D eigenvalue weighted by Crippen LogP contribution is -2.26. The Hall–Kier alpha value is -0.900. The van der Waals surface area contributed by atoms with Gasteiger partial charge in [0.1, 0.15) is 6.29 Å². The Morgan fingerprint density at radius 3 is 2.67 bits per heavy atom. The molecule has 1 atom stereocenters. The lowest BCUT2D eigenvalue weighted by atomic mass is 9.68. The van der Waals surface area contributed by atoms with E-state index in [-0.39, 0.29) is 0 Å². The summed E-state index contributed by atoms with van der Waals surface area (Å²) in [7, 11) is 0. The molecule has 0 radical (unpaired) electrons. The van der Waals surface area contributed by atoms with Gasteiger partial charge in [-0.15, -0.1) is 0 Å². The average molecular weight is 396 g/mol. The van der Waals surface area contributed by atoms with Crippen LogP contribution >= 0.6 is 22.6 Å². The molecule has 0 aromatic carbocycles. The fourth-order valence-electron chi connectivity index (χ4n) is 2.68. The van der Waals surface area contributed by atoms with Crippen LogP contribution < -0.4 is 0 Å². The molecule has 0 aliphatic heterocycles. The minimum atomic E-state index is 0.339. The van der Waals surface area contributed by atoms with Crippen LogP contribution in [0, 0.1) is 11.3 Å². The Bertz CT molecular complexity index is 516. The summed E-state index contributed by atoms with van der Waals surface area (Å²) in [5.74, 6) is 0.519. The second-order valence-corrected chi connectivity index (χ2v) is 7.52. The van der Waals surface area contributed by atoms with Crippen LogP contribution in [0.4, 0.5) is 0 Å². The number of carbonyl (C=O) groups is 1. The number of rotatable bonds is 5. The number of hydrogen-bond donors (Lipinski definition) is 0. The van der Waals surface area contributed by atoms with E-state index in [0.29, 0.717) is 11.3 Å². The zero-order valence-corrected chi connectivity index (χ0v) is 15.6. The summed E-state index contributed by atoms with van der Waals surface area (Å²) in [5, 5.41) is 0. The number of carbonyl (C=O) groups excluding carboxylic acids is 1. The maximum atomic E-state index is 10.3. The Labute approximate surface area is 142 Å². The molecule has 0 spiro atoms. The van der Waals surface area contributed by atoms with E-state index in [0.717, 1.165) is 11.9 Å². The smallest absolute Gasteiger partial charge is 0.143 e. The normalized spacial score (nSPS) is 23.7. The third-order valence-electron chi connectivity index (χ3n) is 3.98. The first kappa shape index (κ1) is 18.1. The predicted molar refractivity (Wildman–Crippen MR) is 100 cm³/mol. The molecule has 0 fully saturated rings. The van der Waals surface area contributed by atoms with Crippen molar-refractivity contribution in [3.63, 3.8) is 0 Å². The quantitative estimate of drug-likeness (QED) is 0.185. The first-order chi connectivity index (χ1) is 9.86. The van der Waals surface area contributed by atoms with Gasteiger partial charge in [0.25, 0.3) is 0 Å². The molecule has 1 nitrogen and oxygen atoms in total. The molecule has 1 unspecified atom stereocenters. The van der Waals surface area contributed by atoms with Crippen LogP contribution in [0.3, 0.4) is 0 Å². The van der Waals surface area contributed by atoms with Crippen molar-refractivity contribution in [1.82, 2.24) is 0 Å². The molecular weight excluding hydrogens is 371 g/mol. The fourth-order valence-corrected chi connectivity index (χ4v) is 3.10. The highest BCUT2D eigenvalue weighted by atomic mass is 127. The molecule has 0 heterocycles. The molecule has 0 amide bonds. The van der Waals surface area contributed by atoms with Crippen LogP contribution in [-0.2, 0) is 4.79 Å². The first-order valence-electron chi connectivity index (χ1n) is 7.37. The maximum Gasteiger partial charge on any atom is 0.143 e. The van der Waals surface area contributed by atoms with E-state index in [1.54, 1.807) is 6.08 Å². The molecule has 21 heavy (non-hydrogen) atoms. The molecule has 1 aliphatic carbocycles. The van der Waals surface area contributed by atoms with E-state index in [2.05, 4.69) is 67.7 Å². The van der Waals surface area contributed by atoms with Crippen LogP contribution in [-0.4, -0.2) is 6.29 Å². The molecule has 1 rings (SSSR count). The van der Waals surface area contributed by atoms with Gasteiger partial charge in [0.15, 0.2) is 0 Å². The molecule has 0 saturated carbocycles. The fraction of sp³-hybridized carbons (Fsp3) is 0.421. The Kier molecular flexibility index (Phi) is 7.36. The molecular formula is C19H25IO. The molecule has 114 valence electrons. The lowest BCUT2D eigenvalue weighted by Gasteiger charge is -2.36. The van der Waals surface area contributed by atoms with Crippen molar-refractivity contribution >= 4 is 28.9 Å². The lowest BCUT2D eigenvalue weighted by molar-refractivity contribution is -0.104. The van der Waals surface area contributed by atoms with E-state index in [1.165, 1.54) is 22.0 Å². The third-order valence-corrected chi connectivity index (χ3v) is 4.70. The highest BCUT2D eigenvalue weighted by Gasteiger charge is 2.30. The summed E-state index contributed by atoms with van der Waals surface area (Å²) < 4.78 is 1.19. The van der Waals surface area contributed by atoms with Crippen molar-refractivity contribution in [1.29, 1.82) is 0 Å². The average Bonchev–Trinajstić information content (AvgIpc) is 2.37. The topological polar surface area (TPSA) is 17.1 Å². The van der Waals surface area contributed by atoms with Gasteiger partial charge in [-0.1, -0.05) is 49.8 Å². The van der Waals surface area contributed by atoms with Crippen LogP contribution in [0.5, 0.6) is 0 Å². The van der Waals surface area contributed by atoms with E-state index in [1.807, 2.05) is 19.1 Å². The van der Waals surface area contributed by atoms with Crippen molar-refractivity contribution in [2.45, 2.75) is 40.5 Å². The van der Waals surface area contributed by atoms with Crippen LogP contribution in [0.2, 0.25) is 0 Å². The number of allylic oxidation sites excluding steroid dienone is 10. The third kappa shape index (κ3) is 6.16. The molecule has 0 saturated heterocycles. The van der Waals surface area contributed by atoms with Gasteiger partial charge in [-0.05, 0) is 72.4 Å². The number of halogens is 1. The van der Waals surface area contributed by atoms with Gasteiger partial charge in [0.05, 0.1) is 0 Å². The number of aldehydes is 1. The minimum Gasteiger partial charge on any atom is -0.299 e. The molecule has 2 heteroatoms. The molecule has 0 N–H and O–H groups in total. The Morgan fingerprint density at radius 1 is 1.33 bits per heavy atom. The largest absolute Gasteiger partial charge is 0.299 e. The summed E-state index contributed by atoms with van der Waals surface area (Å²) in [4.78, 5) is 10.3. The summed E-state index contributed by atoms with van der Waals surface area (Å²) in [6, 6.07) is 0. The van der Waals surface area contributed by atoms with Crippen molar-refractivity contribution in [3.05, 3.63) is 57.3 Å². The second kappa shape index (κ2) is 8.52. The minimum absolute atomic E-state index is 0.339. The molecule has 0 aromatic heterocycles. The number of hydrogen-bond acceptors (Lipinski definition) is 1. The standard InChI is InChI=1S/C19H25IO/c1-15(12-14-21)7-5-9-17(20)10-11-18-16(2)8-6-13-19(18,3)4/h5,7-12,14,18H,6,13H2,1-4H3/b7-5+,11-10+,15-12+,17-9+. The van der Waals surface area contributed by atoms with Crippen molar-refractivity contribution in [2.24, 2.45) is 11.3 Å². The van der Waals surface area contributed by atoms with Crippen molar-refractivity contribution < 1.29 is 4.79 Å². The predicted octanol–water partition coefficient (Wildman–Crippen LogP) is 5.95. The van der Waals surface area contributed by atoms with Gasteiger partial charge in [0, 0.05) is 9.50 Å². The van der Waals surface area contributed by atoms with Crippen LogP contribution in [0.15, 0.2) is 57.3 Å². The summed E-state index contributed by atoms with van der Waals surface area (Å²) in [5.41, 5.74) is 2.78. The zero-order chi connectivity index (χ0) is 15.9. The van der Waals surface area contributed by atoms with E-state index in [9.17, 15) is 4.79 Å². The van der Waals surface area contributed by atoms with E-state index < -0.39 is 0 Å². The first-order valence-corrected chi connectivity index (χ1v) is 8.45. The Morgan fingerprint density at radius 2 is 2.05 bits per heavy atom. The monoisotopic (exact) mass is 396 g/mol. The van der Waals surface area contributed by atoms with Crippen LogP contribution in [0.25, 0.3) is 0 Å². The maximum absolute atomic E-state index is 10.3. The summed E-state index contributed by atoms with van der Waals surface area (Å²) in [6.07, 6.45) is 17.7. The molecule has 0 aromatic rings. The van der Waals surface area contributed by atoms with Gasteiger partial charge in [0.2, 0.25) is 0 Å². The van der Waals surface area contributed by atoms with Gasteiger partial charge in [-0.25, -0.2) is 0 Å². The van der Waals surface area contributed by atoms with Gasteiger partial charge >= 0.3 is 0 Å². The van der Waals surface area contributed by atoms with Crippen molar-refractivity contribution in [2.75, 3.05) is 0 Å². The SMILES string of the molecule is CC1=CCCC(C)(C)C1/C=C/C(I)=C\C=C\C(C)=C\C=O. The Balaban J connectivity index is 2.75. The molecule has 0 bridgehead atoms. The zero-order valence-electron chi connectivity index (χ0n) is 13.4. The van der Waals surface area contributed by atoms with E-state index in [4.69, 9.17) is 0 Å². The summed E-state index contributed by atoms with van der Waals surface area (Å²) in [6.45, 7) is 8.85. The highest BCUT2D eigenvalue weighted by molar-refractivity contribution is 14.1. The van der Waals surface area contributed by atoms with Crippen LogP contribution in [0.1, 0.15) is 40.5 Å². The molecule has 1 aliphatic rings. The van der Waals surface area contributed by atoms with Crippen molar-refractivity contribution in [3.8, 4) is 0 Å². The second-order valence-electron chi connectivity index (χ2n) is 6.27. The van der Waals surface area contributed by atoms with Gasteiger partial charge in [-0.2, -0.15) is 0 Å². The van der Waals surface area contributed by atoms with E-state index >= 15 is 0 Å².